The number of thiophene rings is 1. The summed E-state index contributed by atoms with van der Waals surface area (Å²) in [6, 6.07) is 7.34. The summed E-state index contributed by atoms with van der Waals surface area (Å²) in [5.74, 6) is -0.456. The number of hydrogen-bond acceptors (Lipinski definition) is 5. The Morgan fingerprint density at radius 2 is 2.13 bits per heavy atom. The first kappa shape index (κ1) is 15.7. The number of hydrogen-bond donors (Lipinski definition) is 0. The van der Waals surface area contributed by atoms with Gasteiger partial charge in [-0.25, -0.2) is 9.78 Å². The third kappa shape index (κ3) is 2.75. The molecule has 0 unspecified atom stereocenters. The number of nitrogens with zero attached hydrogens (tertiary/aromatic N) is 2. The number of fused-ring (bicyclic) bond motifs is 1. The Kier molecular flexibility index (Phi) is 4.19. The smallest absolute Gasteiger partial charge is 0.348 e. The summed E-state index contributed by atoms with van der Waals surface area (Å²) < 4.78 is 6.24. The van der Waals surface area contributed by atoms with Crippen molar-refractivity contribution < 1.29 is 9.53 Å². The summed E-state index contributed by atoms with van der Waals surface area (Å²) in [6.45, 7) is 2.05. The topological polar surface area (TPSA) is 61.2 Å². The fourth-order valence-corrected chi connectivity index (χ4v) is 3.62. The Morgan fingerprint density at radius 3 is 2.83 bits per heavy atom. The van der Waals surface area contributed by atoms with Gasteiger partial charge in [-0.15, -0.1) is 11.3 Å². The molecule has 0 fully saturated rings. The van der Waals surface area contributed by atoms with Crippen molar-refractivity contribution in [3.63, 3.8) is 0 Å². The second kappa shape index (κ2) is 6.14. The lowest BCUT2D eigenvalue weighted by Gasteiger charge is -2.07. The third-order valence-electron chi connectivity index (χ3n) is 3.59. The third-order valence-corrected chi connectivity index (χ3v) is 5.14. The standard InChI is InChI=1S/C16H13ClN2O3S/c1-9-12-14(23-13(9)16(21)22-2)18-8-19(15(12)20)7-10-5-3-4-6-11(10)17/h3-6,8H,7H2,1-2H3. The van der Waals surface area contributed by atoms with Crippen LogP contribution in [0.25, 0.3) is 10.2 Å². The van der Waals surface area contributed by atoms with Gasteiger partial charge in [0.1, 0.15) is 9.71 Å². The van der Waals surface area contributed by atoms with Gasteiger partial charge in [0.15, 0.2) is 0 Å². The molecule has 0 bridgehead atoms. The monoisotopic (exact) mass is 348 g/mol. The molecule has 0 amide bonds. The molecule has 0 atom stereocenters. The van der Waals surface area contributed by atoms with Crippen molar-refractivity contribution in [2.45, 2.75) is 13.5 Å². The van der Waals surface area contributed by atoms with Crippen LogP contribution in [0, 0.1) is 6.92 Å². The zero-order valence-corrected chi connectivity index (χ0v) is 14.1. The van der Waals surface area contributed by atoms with Crippen molar-refractivity contribution in [2.75, 3.05) is 7.11 Å². The SMILES string of the molecule is COC(=O)c1sc2ncn(Cc3ccccc3Cl)c(=O)c2c1C. The van der Waals surface area contributed by atoms with E-state index in [4.69, 9.17) is 16.3 Å². The van der Waals surface area contributed by atoms with Gasteiger partial charge in [0, 0.05) is 5.02 Å². The number of benzene rings is 1. The van der Waals surface area contributed by atoms with Crippen LogP contribution >= 0.6 is 22.9 Å². The van der Waals surface area contributed by atoms with Gasteiger partial charge < -0.3 is 4.74 Å². The lowest BCUT2D eigenvalue weighted by Crippen LogP contribution is -2.21. The minimum atomic E-state index is -0.456. The highest BCUT2D eigenvalue weighted by molar-refractivity contribution is 7.20. The average molecular weight is 349 g/mol. The zero-order valence-electron chi connectivity index (χ0n) is 12.5. The second-order valence-corrected chi connectivity index (χ2v) is 6.40. The van der Waals surface area contributed by atoms with E-state index in [-0.39, 0.29) is 5.56 Å². The van der Waals surface area contributed by atoms with Crippen LogP contribution in [0.4, 0.5) is 0 Å². The number of aryl methyl sites for hydroxylation is 1. The van der Waals surface area contributed by atoms with Crippen molar-refractivity contribution in [2.24, 2.45) is 0 Å². The number of aromatic nitrogens is 2. The average Bonchev–Trinajstić information content (AvgIpc) is 2.89. The quantitative estimate of drug-likeness (QED) is 0.682. The van der Waals surface area contributed by atoms with E-state index in [1.807, 2.05) is 18.2 Å². The van der Waals surface area contributed by atoms with E-state index in [0.717, 1.165) is 16.9 Å². The highest BCUT2D eigenvalue weighted by atomic mass is 35.5. The van der Waals surface area contributed by atoms with Crippen LogP contribution < -0.4 is 5.56 Å². The number of rotatable bonds is 3. The highest BCUT2D eigenvalue weighted by Crippen LogP contribution is 2.27. The van der Waals surface area contributed by atoms with E-state index in [0.29, 0.717) is 32.2 Å². The fraction of sp³-hybridized carbons (Fsp3) is 0.188. The molecule has 0 radical (unpaired) electrons. The zero-order chi connectivity index (χ0) is 16.6. The Morgan fingerprint density at radius 1 is 1.39 bits per heavy atom. The molecular weight excluding hydrogens is 336 g/mol. The maximum atomic E-state index is 12.7. The normalized spacial score (nSPS) is 10.9. The van der Waals surface area contributed by atoms with Gasteiger partial charge >= 0.3 is 5.97 Å². The van der Waals surface area contributed by atoms with Gasteiger partial charge in [0.05, 0.1) is 25.4 Å². The molecule has 0 N–H and O–H groups in total. The molecule has 118 valence electrons. The van der Waals surface area contributed by atoms with Crippen LogP contribution in [0.1, 0.15) is 20.8 Å². The maximum Gasteiger partial charge on any atom is 0.348 e. The van der Waals surface area contributed by atoms with Crippen molar-refractivity contribution in [1.29, 1.82) is 0 Å². The lowest BCUT2D eigenvalue weighted by molar-refractivity contribution is 0.0605. The van der Waals surface area contributed by atoms with Crippen molar-refractivity contribution in [1.82, 2.24) is 9.55 Å². The fourth-order valence-electron chi connectivity index (χ4n) is 2.37. The molecule has 3 aromatic rings. The summed E-state index contributed by atoms with van der Waals surface area (Å²) in [5.41, 5.74) is 1.24. The molecule has 0 saturated heterocycles. The molecule has 0 aliphatic rings. The summed E-state index contributed by atoms with van der Waals surface area (Å²) in [4.78, 5) is 29.7. The largest absolute Gasteiger partial charge is 0.465 e. The summed E-state index contributed by atoms with van der Waals surface area (Å²) >= 11 is 7.31. The number of ether oxygens (including phenoxy) is 1. The predicted octanol–water partition coefficient (Wildman–Crippen LogP) is 3.25. The molecular formula is C16H13ClN2O3S. The van der Waals surface area contributed by atoms with Gasteiger partial charge in [-0.2, -0.15) is 0 Å². The summed E-state index contributed by atoms with van der Waals surface area (Å²) in [5, 5.41) is 1.04. The molecule has 0 saturated carbocycles. The van der Waals surface area contributed by atoms with Crippen LogP contribution in [0.15, 0.2) is 35.4 Å². The van der Waals surface area contributed by atoms with Gasteiger partial charge in [-0.3, -0.25) is 9.36 Å². The lowest BCUT2D eigenvalue weighted by atomic mass is 10.2. The maximum absolute atomic E-state index is 12.7. The second-order valence-electron chi connectivity index (χ2n) is 5.00. The molecule has 7 heteroatoms. The Balaban J connectivity index is 2.12. The molecule has 5 nitrogen and oxygen atoms in total. The Bertz CT molecular complexity index is 962. The number of methoxy groups -OCH3 is 1. The van der Waals surface area contributed by atoms with E-state index in [1.54, 1.807) is 13.0 Å². The first-order chi connectivity index (χ1) is 11.0. The molecule has 1 aromatic carbocycles. The van der Waals surface area contributed by atoms with Gasteiger partial charge in [0.25, 0.3) is 5.56 Å². The van der Waals surface area contributed by atoms with Crippen LogP contribution in [0.5, 0.6) is 0 Å². The Hall–Kier alpha value is -2.18. The molecule has 0 aliphatic heterocycles. The van der Waals surface area contributed by atoms with Crippen molar-refractivity contribution >= 4 is 39.1 Å². The molecule has 3 rings (SSSR count). The number of carbonyl (C=O) groups excluding carboxylic acids is 1. The molecule has 0 spiro atoms. The number of halogens is 1. The Labute approximate surface area is 141 Å². The summed E-state index contributed by atoms with van der Waals surface area (Å²) in [7, 11) is 1.31. The van der Waals surface area contributed by atoms with Gasteiger partial charge in [0.2, 0.25) is 0 Å². The number of esters is 1. The molecule has 23 heavy (non-hydrogen) atoms. The van der Waals surface area contributed by atoms with Crippen molar-refractivity contribution in [3.8, 4) is 0 Å². The van der Waals surface area contributed by atoms with E-state index in [2.05, 4.69) is 4.98 Å². The first-order valence-corrected chi connectivity index (χ1v) is 8.02. The number of carbonyl (C=O) groups is 1. The first-order valence-electron chi connectivity index (χ1n) is 6.83. The van der Waals surface area contributed by atoms with E-state index < -0.39 is 5.97 Å². The van der Waals surface area contributed by atoms with Crippen LogP contribution in [0.2, 0.25) is 5.02 Å². The predicted molar refractivity (Wildman–Crippen MR) is 90.5 cm³/mol. The summed E-state index contributed by atoms with van der Waals surface area (Å²) in [6.07, 6.45) is 1.48. The molecule has 0 aliphatic carbocycles. The van der Waals surface area contributed by atoms with Crippen LogP contribution in [-0.4, -0.2) is 22.6 Å². The molecule has 2 heterocycles. The molecule has 2 aromatic heterocycles. The minimum Gasteiger partial charge on any atom is -0.465 e. The van der Waals surface area contributed by atoms with E-state index >= 15 is 0 Å². The van der Waals surface area contributed by atoms with Gasteiger partial charge in [-0.1, -0.05) is 29.8 Å². The van der Waals surface area contributed by atoms with E-state index in [9.17, 15) is 9.59 Å². The minimum absolute atomic E-state index is 0.196. The van der Waals surface area contributed by atoms with Gasteiger partial charge in [-0.05, 0) is 24.1 Å². The van der Waals surface area contributed by atoms with Crippen LogP contribution in [-0.2, 0) is 11.3 Å². The van der Waals surface area contributed by atoms with E-state index in [1.165, 1.54) is 18.0 Å². The highest BCUT2D eigenvalue weighted by Gasteiger charge is 2.19. The van der Waals surface area contributed by atoms with Crippen molar-refractivity contribution in [3.05, 3.63) is 62.0 Å². The van der Waals surface area contributed by atoms with Crippen LogP contribution in [0.3, 0.4) is 0 Å².